The molecule has 1 fully saturated rings. The number of allylic oxidation sites excluding steroid dienone is 8. The van der Waals surface area contributed by atoms with Crippen molar-refractivity contribution >= 4 is 16.4 Å². The van der Waals surface area contributed by atoms with Gasteiger partial charge in [0, 0.05) is 13.0 Å². The molecule has 13 heteroatoms. The minimum atomic E-state index is -5.07. The molecule has 12 nitrogen and oxygen atoms in total. The molecule has 0 radical (unpaired) electrons. The van der Waals surface area contributed by atoms with Crippen LogP contribution in [0.5, 0.6) is 0 Å². The van der Waals surface area contributed by atoms with E-state index < -0.39 is 59.8 Å². The first kappa shape index (κ1) is 58.1. The van der Waals surface area contributed by atoms with Gasteiger partial charge >= 0.3 is 16.4 Å². The average molecular weight is 901 g/mol. The first-order valence-electron chi connectivity index (χ1n) is 24.4. The molecule has 0 bridgehead atoms. The van der Waals surface area contributed by atoms with E-state index in [1.165, 1.54) is 109 Å². The number of aliphatic hydroxyl groups is 3. The lowest BCUT2D eigenvalue weighted by molar-refractivity contribution is -0.301. The van der Waals surface area contributed by atoms with Crippen LogP contribution in [-0.4, -0.2) is 97.5 Å². The monoisotopic (exact) mass is 901 g/mol. The van der Waals surface area contributed by atoms with E-state index in [9.17, 15) is 33.1 Å². The number of hydrogen-bond donors (Lipinski definition) is 4. The quantitative estimate of drug-likeness (QED) is 0.0198. The van der Waals surface area contributed by atoms with Gasteiger partial charge in [0.15, 0.2) is 6.29 Å². The minimum Gasteiger partial charge on any atom is -0.457 e. The van der Waals surface area contributed by atoms with Crippen molar-refractivity contribution in [3.05, 3.63) is 48.6 Å². The van der Waals surface area contributed by atoms with Gasteiger partial charge in [0.2, 0.25) is 0 Å². The number of rotatable bonds is 42. The predicted octanol–water partition coefficient (Wildman–Crippen LogP) is 10.7. The Morgan fingerprint density at radius 2 is 1.11 bits per heavy atom. The van der Waals surface area contributed by atoms with Gasteiger partial charge in [-0.2, -0.15) is 8.42 Å². The second-order valence-electron chi connectivity index (χ2n) is 16.7. The number of aliphatic hydroxyl groups excluding tert-OH is 3. The van der Waals surface area contributed by atoms with Crippen molar-refractivity contribution in [2.24, 2.45) is 0 Å². The number of ether oxygens (including phenoxy) is 4. The van der Waals surface area contributed by atoms with Gasteiger partial charge < -0.3 is 34.3 Å². The smallest absolute Gasteiger partial charge is 0.397 e. The number of hydrogen-bond acceptors (Lipinski definition) is 11. The Bertz CT molecular complexity index is 1270. The molecule has 0 aromatic rings. The van der Waals surface area contributed by atoms with Crippen LogP contribution in [0.1, 0.15) is 194 Å². The van der Waals surface area contributed by atoms with Crippen LogP contribution < -0.4 is 0 Å². The number of carbonyl (C=O) groups is 1. The van der Waals surface area contributed by atoms with Gasteiger partial charge in [0.25, 0.3) is 0 Å². The average Bonchev–Trinajstić information content (AvgIpc) is 3.24. The molecule has 1 rings (SSSR count). The molecule has 1 aliphatic rings. The molecular formula is C49H88O12S. The van der Waals surface area contributed by atoms with Crippen LogP contribution in [-0.2, 0) is 38.3 Å². The van der Waals surface area contributed by atoms with Crippen molar-refractivity contribution < 1.29 is 56.2 Å². The summed E-state index contributed by atoms with van der Waals surface area (Å²) in [6.45, 7) is 3.84. The molecule has 1 aliphatic heterocycles. The summed E-state index contributed by atoms with van der Waals surface area (Å²) in [5, 5.41) is 30.7. The Hall–Kier alpha value is -1.94. The van der Waals surface area contributed by atoms with E-state index in [4.69, 9.17) is 18.9 Å². The largest absolute Gasteiger partial charge is 0.457 e. The standard InChI is InChI=1S/C49H88O12S/c1-3-5-7-9-11-13-15-17-19-20-21-22-23-25-27-29-31-33-35-37-39-57-41-43(42-58-49-47(53)48(61-62(54,55)56)46(52)44(40-50)60-49)59-45(51)38-36-34-32-30-28-26-24-18-16-14-12-10-8-6-4-2/h6,8,12,14,18,24,28,30,43-44,46-50,52-53H,3-5,7,9-11,13,15-17,19-23,25-27,29,31-42H2,1-2H3,(H,54,55,56)/b8-6-,14-12-,24-18-,30-28-. The van der Waals surface area contributed by atoms with Crippen LogP contribution in [0, 0.1) is 0 Å². The molecule has 1 heterocycles. The summed E-state index contributed by atoms with van der Waals surface area (Å²) < 4.78 is 59.1. The second kappa shape index (κ2) is 40.6. The molecule has 0 saturated carbocycles. The van der Waals surface area contributed by atoms with Crippen LogP contribution in [0.15, 0.2) is 48.6 Å². The molecular weight excluding hydrogens is 813 g/mol. The van der Waals surface area contributed by atoms with E-state index in [-0.39, 0.29) is 19.6 Å². The third kappa shape index (κ3) is 33.6. The molecule has 4 N–H and O–H groups in total. The molecule has 362 valence electrons. The summed E-state index contributed by atoms with van der Waals surface area (Å²) >= 11 is 0. The third-order valence-corrected chi connectivity index (χ3v) is 11.4. The molecule has 0 amide bonds. The molecule has 6 unspecified atom stereocenters. The van der Waals surface area contributed by atoms with Gasteiger partial charge in [-0.05, 0) is 51.4 Å². The zero-order valence-corrected chi connectivity index (χ0v) is 39.5. The van der Waals surface area contributed by atoms with E-state index in [1.807, 2.05) is 0 Å². The van der Waals surface area contributed by atoms with Gasteiger partial charge in [-0.15, -0.1) is 0 Å². The summed E-state index contributed by atoms with van der Waals surface area (Å²) in [4.78, 5) is 12.8. The van der Waals surface area contributed by atoms with Crippen molar-refractivity contribution in [2.75, 3.05) is 26.4 Å². The molecule has 0 aromatic carbocycles. The van der Waals surface area contributed by atoms with Gasteiger partial charge in [0.05, 0.1) is 19.8 Å². The second-order valence-corrected chi connectivity index (χ2v) is 17.7. The Morgan fingerprint density at radius 3 is 1.60 bits per heavy atom. The van der Waals surface area contributed by atoms with Crippen molar-refractivity contribution in [3.63, 3.8) is 0 Å². The maximum atomic E-state index is 12.8. The highest BCUT2D eigenvalue weighted by atomic mass is 32.3. The normalized spacial score (nSPS) is 20.4. The SMILES string of the molecule is CC/C=C\C/C=C\C/C=C\C/C=C\CCCCC(=O)OC(COCCCCCCCCCCCCCCCCCCCCCC)COC1OC(CO)C(O)C(OS(=O)(=O)O)C1O. The number of carbonyl (C=O) groups excluding carboxylic acids is 1. The topological polar surface area (TPSA) is 178 Å². The number of unbranched alkanes of at least 4 members (excludes halogenated alkanes) is 21. The maximum absolute atomic E-state index is 12.8. The van der Waals surface area contributed by atoms with E-state index in [2.05, 4.69) is 66.6 Å². The Labute approximate surface area is 376 Å². The lowest BCUT2D eigenvalue weighted by Crippen LogP contribution is -2.60. The Kier molecular flexibility index (Phi) is 38.0. The zero-order valence-electron chi connectivity index (χ0n) is 38.7. The Morgan fingerprint density at radius 1 is 0.629 bits per heavy atom. The predicted molar refractivity (Wildman–Crippen MR) is 248 cm³/mol. The van der Waals surface area contributed by atoms with Crippen LogP contribution in [0.3, 0.4) is 0 Å². The first-order valence-corrected chi connectivity index (χ1v) is 25.8. The van der Waals surface area contributed by atoms with Crippen molar-refractivity contribution in [1.29, 1.82) is 0 Å². The zero-order chi connectivity index (χ0) is 45.4. The van der Waals surface area contributed by atoms with Crippen LogP contribution >= 0.6 is 0 Å². The Balaban J connectivity index is 2.39. The van der Waals surface area contributed by atoms with Gasteiger partial charge in [-0.25, -0.2) is 4.18 Å². The maximum Gasteiger partial charge on any atom is 0.397 e. The lowest BCUT2D eigenvalue weighted by atomic mass is 9.99. The van der Waals surface area contributed by atoms with E-state index >= 15 is 0 Å². The lowest BCUT2D eigenvalue weighted by Gasteiger charge is -2.41. The van der Waals surface area contributed by atoms with Crippen molar-refractivity contribution in [3.8, 4) is 0 Å². The van der Waals surface area contributed by atoms with Gasteiger partial charge in [-0.3, -0.25) is 9.35 Å². The fraction of sp³-hybridized carbons (Fsp3) is 0.816. The van der Waals surface area contributed by atoms with Gasteiger partial charge in [0.1, 0.15) is 30.5 Å². The minimum absolute atomic E-state index is 0.0205. The van der Waals surface area contributed by atoms with Crippen LogP contribution in [0.25, 0.3) is 0 Å². The summed E-state index contributed by atoms with van der Waals surface area (Å²) in [5.41, 5.74) is 0. The summed E-state index contributed by atoms with van der Waals surface area (Å²) in [5.74, 6) is -0.437. The van der Waals surface area contributed by atoms with E-state index in [0.29, 0.717) is 13.0 Å². The molecule has 0 aliphatic carbocycles. The van der Waals surface area contributed by atoms with Crippen LogP contribution in [0.4, 0.5) is 0 Å². The summed E-state index contributed by atoms with van der Waals surface area (Å²) in [6.07, 6.45) is 40.1. The number of esters is 1. The fourth-order valence-electron chi connectivity index (χ4n) is 7.31. The highest BCUT2D eigenvalue weighted by Gasteiger charge is 2.48. The third-order valence-electron chi connectivity index (χ3n) is 11.0. The molecule has 6 atom stereocenters. The molecule has 0 spiro atoms. The fourth-order valence-corrected chi connectivity index (χ4v) is 7.82. The summed E-state index contributed by atoms with van der Waals surface area (Å²) in [6, 6.07) is 0. The molecule has 0 aromatic heterocycles. The van der Waals surface area contributed by atoms with Crippen molar-refractivity contribution in [1.82, 2.24) is 0 Å². The van der Waals surface area contributed by atoms with E-state index in [1.54, 1.807) is 0 Å². The van der Waals surface area contributed by atoms with E-state index in [0.717, 1.165) is 57.8 Å². The molecule has 62 heavy (non-hydrogen) atoms. The molecule has 1 saturated heterocycles. The summed E-state index contributed by atoms with van der Waals surface area (Å²) in [7, 11) is -5.07. The van der Waals surface area contributed by atoms with Crippen LogP contribution in [0.2, 0.25) is 0 Å². The highest BCUT2D eigenvalue weighted by molar-refractivity contribution is 7.80. The van der Waals surface area contributed by atoms with Crippen molar-refractivity contribution in [2.45, 2.75) is 230 Å². The van der Waals surface area contributed by atoms with Gasteiger partial charge in [-0.1, -0.05) is 184 Å². The highest BCUT2D eigenvalue weighted by Crippen LogP contribution is 2.26. The first-order chi connectivity index (χ1) is 30.1.